The van der Waals surface area contributed by atoms with Gasteiger partial charge in [0.15, 0.2) is 0 Å². The molecule has 19 heavy (non-hydrogen) atoms. The molecule has 0 aliphatic carbocycles. The Bertz CT molecular complexity index is 399. The minimum absolute atomic E-state index is 0.640. The Hall–Kier alpha value is -0.870. The number of likely N-dealkylation sites (tertiary alicyclic amines) is 1. The van der Waals surface area contributed by atoms with E-state index in [1.807, 2.05) is 0 Å². The fourth-order valence-corrected chi connectivity index (χ4v) is 3.00. The van der Waals surface area contributed by atoms with E-state index in [-0.39, 0.29) is 0 Å². The van der Waals surface area contributed by atoms with Crippen molar-refractivity contribution in [2.45, 2.75) is 52.7 Å². The molecule has 0 amide bonds. The van der Waals surface area contributed by atoms with Gasteiger partial charge in [-0.2, -0.15) is 5.10 Å². The molecular weight excluding hydrogens is 236 g/mol. The van der Waals surface area contributed by atoms with Crippen molar-refractivity contribution in [2.24, 2.45) is 5.92 Å². The predicted octanol–water partition coefficient (Wildman–Crippen LogP) is 1.90. The van der Waals surface area contributed by atoms with Gasteiger partial charge >= 0.3 is 0 Å². The summed E-state index contributed by atoms with van der Waals surface area (Å²) in [7, 11) is 2.21. The monoisotopic (exact) mass is 264 g/mol. The van der Waals surface area contributed by atoms with E-state index in [0.717, 1.165) is 25.4 Å². The normalized spacial score (nSPS) is 24.8. The van der Waals surface area contributed by atoms with Crippen molar-refractivity contribution in [1.29, 1.82) is 0 Å². The van der Waals surface area contributed by atoms with Crippen LogP contribution < -0.4 is 5.32 Å². The Kier molecular flexibility index (Phi) is 4.99. The predicted molar refractivity (Wildman–Crippen MR) is 79.2 cm³/mol. The molecule has 0 aromatic carbocycles. The van der Waals surface area contributed by atoms with Gasteiger partial charge in [-0.3, -0.25) is 4.68 Å². The second-order valence-corrected chi connectivity index (χ2v) is 5.81. The zero-order valence-corrected chi connectivity index (χ0v) is 12.8. The van der Waals surface area contributed by atoms with Crippen LogP contribution in [0.5, 0.6) is 0 Å². The van der Waals surface area contributed by atoms with Crippen molar-refractivity contribution in [2.75, 3.05) is 20.1 Å². The molecule has 2 rings (SSSR count). The van der Waals surface area contributed by atoms with Gasteiger partial charge in [0.2, 0.25) is 0 Å². The van der Waals surface area contributed by atoms with Gasteiger partial charge in [-0.15, -0.1) is 0 Å². The SMILES string of the molecule is CCc1cc(CNC2CCN(C)CC2C)n(CC)n1. The Morgan fingerprint density at radius 1 is 1.42 bits per heavy atom. The van der Waals surface area contributed by atoms with Crippen LogP contribution in [0, 0.1) is 5.92 Å². The van der Waals surface area contributed by atoms with Crippen molar-refractivity contribution in [3.63, 3.8) is 0 Å². The van der Waals surface area contributed by atoms with Crippen LogP contribution in [-0.4, -0.2) is 40.9 Å². The lowest BCUT2D eigenvalue weighted by molar-refractivity contribution is 0.173. The number of rotatable bonds is 5. The molecule has 1 aromatic heterocycles. The first-order valence-corrected chi connectivity index (χ1v) is 7.61. The minimum Gasteiger partial charge on any atom is -0.308 e. The molecule has 1 fully saturated rings. The first-order valence-electron chi connectivity index (χ1n) is 7.61. The van der Waals surface area contributed by atoms with E-state index < -0.39 is 0 Å². The number of nitrogens with one attached hydrogen (secondary N) is 1. The van der Waals surface area contributed by atoms with Gasteiger partial charge in [0.25, 0.3) is 0 Å². The molecule has 0 bridgehead atoms. The first kappa shape index (κ1) is 14.5. The Labute approximate surface area is 117 Å². The summed E-state index contributed by atoms with van der Waals surface area (Å²) in [5.41, 5.74) is 2.53. The van der Waals surface area contributed by atoms with E-state index in [4.69, 9.17) is 0 Å². The zero-order valence-electron chi connectivity index (χ0n) is 12.8. The highest BCUT2D eigenvalue weighted by Gasteiger charge is 2.23. The third kappa shape index (κ3) is 3.57. The number of aryl methyl sites for hydroxylation is 2. The number of aromatic nitrogens is 2. The summed E-state index contributed by atoms with van der Waals surface area (Å²) in [4.78, 5) is 2.42. The van der Waals surface area contributed by atoms with Crippen LogP contribution in [0.3, 0.4) is 0 Å². The van der Waals surface area contributed by atoms with Crippen LogP contribution in [0.2, 0.25) is 0 Å². The highest BCUT2D eigenvalue weighted by Crippen LogP contribution is 2.16. The van der Waals surface area contributed by atoms with Gasteiger partial charge in [0.1, 0.15) is 0 Å². The number of piperidine rings is 1. The summed E-state index contributed by atoms with van der Waals surface area (Å²) in [6, 6.07) is 2.89. The van der Waals surface area contributed by atoms with Crippen LogP contribution in [-0.2, 0) is 19.5 Å². The molecule has 1 aliphatic rings. The highest BCUT2D eigenvalue weighted by molar-refractivity contribution is 5.10. The average molecular weight is 264 g/mol. The summed E-state index contributed by atoms with van der Waals surface area (Å²) in [6.45, 7) is 11.0. The molecule has 0 spiro atoms. The molecule has 2 unspecified atom stereocenters. The van der Waals surface area contributed by atoms with E-state index >= 15 is 0 Å². The third-order valence-electron chi connectivity index (χ3n) is 4.23. The van der Waals surface area contributed by atoms with Crippen LogP contribution in [0.15, 0.2) is 6.07 Å². The minimum atomic E-state index is 0.640. The largest absolute Gasteiger partial charge is 0.308 e. The Morgan fingerprint density at radius 2 is 2.21 bits per heavy atom. The quantitative estimate of drug-likeness (QED) is 0.882. The van der Waals surface area contributed by atoms with E-state index in [2.05, 4.69) is 53.9 Å². The summed E-state index contributed by atoms with van der Waals surface area (Å²) in [5.74, 6) is 0.724. The van der Waals surface area contributed by atoms with Crippen LogP contribution in [0.4, 0.5) is 0 Å². The summed E-state index contributed by atoms with van der Waals surface area (Å²) in [6.07, 6.45) is 2.27. The molecular formula is C15H28N4. The van der Waals surface area contributed by atoms with E-state index in [1.165, 1.54) is 30.9 Å². The second-order valence-electron chi connectivity index (χ2n) is 5.81. The molecule has 0 saturated carbocycles. The maximum atomic E-state index is 4.61. The van der Waals surface area contributed by atoms with Crippen molar-refractivity contribution < 1.29 is 0 Å². The summed E-state index contributed by atoms with van der Waals surface area (Å²) in [5, 5.41) is 8.34. The molecule has 1 aliphatic heterocycles. The lowest BCUT2D eigenvalue weighted by Gasteiger charge is -2.35. The summed E-state index contributed by atoms with van der Waals surface area (Å²) < 4.78 is 2.13. The Balaban J connectivity index is 1.93. The Morgan fingerprint density at radius 3 is 2.84 bits per heavy atom. The topological polar surface area (TPSA) is 33.1 Å². The molecule has 108 valence electrons. The molecule has 1 saturated heterocycles. The maximum absolute atomic E-state index is 4.61. The molecule has 2 heterocycles. The van der Waals surface area contributed by atoms with Crippen LogP contribution >= 0.6 is 0 Å². The number of nitrogens with zero attached hydrogens (tertiary/aromatic N) is 3. The maximum Gasteiger partial charge on any atom is 0.0625 e. The van der Waals surface area contributed by atoms with Gasteiger partial charge in [-0.1, -0.05) is 13.8 Å². The highest BCUT2D eigenvalue weighted by atomic mass is 15.3. The summed E-state index contributed by atoms with van der Waals surface area (Å²) >= 11 is 0. The van der Waals surface area contributed by atoms with Crippen LogP contribution in [0.1, 0.15) is 38.6 Å². The van der Waals surface area contributed by atoms with Gasteiger partial charge in [0.05, 0.1) is 11.4 Å². The zero-order chi connectivity index (χ0) is 13.8. The second kappa shape index (κ2) is 6.53. The molecule has 1 aromatic rings. The van der Waals surface area contributed by atoms with Crippen molar-refractivity contribution in [1.82, 2.24) is 20.0 Å². The van der Waals surface area contributed by atoms with Crippen molar-refractivity contribution in [3.8, 4) is 0 Å². The van der Waals surface area contributed by atoms with E-state index in [9.17, 15) is 0 Å². The van der Waals surface area contributed by atoms with Gasteiger partial charge < -0.3 is 10.2 Å². The van der Waals surface area contributed by atoms with Gasteiger partial charge in [-0.25, -0.2) is 0 Å². The third-order valence-corrected chi connectivity index (χ3v) is 4.23. The first-order chi connectivity index (χ1) is 9.13. The molecule has 1 N–H and O–H groups in total. The molecule has 4 nitrogen and oxygen atoms in total. The average Bonchev–Trinajstić information content (AvgIpc) is 2.80. The fraction of sp³-hybridized carbons (Fsp3) is 0.800. The molecule has 2 atom stereocenters. The molecule has 4 heteroatoms. The lowest BCUT2D eigenvalue weighted by Crippen LogP contribution is -2.46. The fourth-order valence-electron chi connectivity index (χ4n) is 3.00. The number of hydrogen-bond donors (Lipinski definition) is 1. The van der Waals surface area contributed by atoms with Crippen LogP contribution in [0.25, 0.3) is 0 Å². The lowest BCUT2D eigenvalue weighted by atomic mass is 9.94. The number of hydrogen-bond acceptors (Lipinski definition) is 3. The van der Waals surface area contributed by atoms with Gasteiger partial charge in [-0.05, 0) is 45.3 Å². The van der Waals surface area contributed by atoms with Crippen molar-refractivity contribution in [3.05, 3.63) is 17.5 Å². The van der Waals surface area contributed by atoms with E-state index in [0.29, 0.717) is 6.04 Å². The van der Waals surface area contributed by atoms with Crippen molar-refractivity contribution >= 4 is 0 Å². The standard InChI is InChI=1S/C15H28N4/c1-5-13-9-14(19(6-2)17-13)10-16-15-7-8-18(4)11-12(15)3/h9,12,15-16H,5-8,10-11H2,1-4H3. The van der Waals surface area contributed by atoms with E-state index in [1.54, 1.807) is 0 Å². The van der Waals surface area contributed by atoms with Gasteiger partial charge in [0, 0.05) is 25.7 Å². The molecule has 0 radical (unpaired) electrons. The smallest absolute Gasteiger partial charge is 0.0625 e.